The van der Waals surface area contributed by atoms with Gasteiger partial charge in [-0.2, -0.15) is 10.5 Å². The molecule has 1 unspecified atom stereocenters. The van der Waals surface area contributed by atoms with E-state index < -0.39 is 15.3 Å². The summed E-state index contributed by atoms with van der Waals surface area (Å²) in [4.78, 5) is 0. The van der Waals surface area contributed by atoms with Gasteiger partial charge in [0.2, 0.25) is 10.0 Å². The molecular weight excluding hydrogens is 250 g/mol. The zero-order chi connectivity index (χ0) is 13.9. The fourth-order valence-electron chi connectivity index (χ4n) is 1.44. The number of nitrogens with one attached hydrogen (secondary N) is 1. The van der Waals surface area contributed by atoms with Crippen LogP contribution in [0.4, 0.5) is 0 Å². The maximum absolute atomic E-state index is 11.4. The highest BCUT2D eigenvalue weighted by atomic mass is 32.2. The molecule has 0 saturated carbocycles. The Morgan fingerprint density at radius 2 is 1.61 bits per heavy atom. The predicted octanol–water partition coefficient (Wildman–Crippen LogP) is 2.07. The fourth-order valence-corrected chi connectivity index (χ4v) is 2.26. The molecule has 0 aliphatic heterocycles. The molecule has 0 aliphatic rings. The molecule has 6 heteroatoms. The van der Waals surface area contributed by atoms with Crippen LogP contribution in [0.2, 0.25) is 0 Å². The summed E-state index contributed by atoms with van der Waals surface area (Å²) < 4.78 is 25.2. The molecule has 0 aromatic carbocycles. The lowest BCUT2D eigenvalue weighted by molar-refractivity contribution is 0.562. The van der Waals surface area contributed by atoms with Crippen LogP contribution in [0.3, 0.4) is 0 Å². The molecule has 0 spiro atoms. The minimum Gasteiger partial charge on any atom is -0.214 e. The van der Waals surface area contributed by atoms with E-state index in [9.17, 15) is 8.42 Å². The Labute approximate surface area is 110 Å². The first-order valence-electron chi connectivity index (χ1n) is 6.29. The van der Waals surface area contributed by atoms with E-state index in [4.69, 9.17) is 10.5 Å². The molecular formula is C12H21N3O2S. The first-order chi connectivity index (χ1) is 8.54. The maximum Gasteiger partial charge on any atom is 0.227 e. The van der Waals surface area contributed by atoms with Gasteiger partial charge in [0.25, 0.3) is 0 Å². The molecule has 102 valence electrons. The van der Waals surface area contributed by atoms with E-state index in [1.165, 1.54) is 6.92 Å². The van der Waals surface area contributed by atoms with Gasteiger partial charge in [-0.25, -0.2) is 13.1 Å². The molecule has 0 aliphatic carbocycles. The number of nitrogens with zero attached hydrogens (tertiary/aromatic N) is 2. The quantitative estimate of drug-likeness (QED) is 0.615. The lowest BCUT2D eigenvalue weighted by Gasteiger charge is -2.07. The zero-order valence-electron chi connectivity index (χ0n) is 10.9. The number of sulfonamides is 1. The van der Waals surface area contributed by atoms with Gasteiger partial charge in [-0.3, -0.25) is 0 Å². The zero-order valence-corrected chi connectivity index (χ0v) is 11.7. The summed E-state index contributed by atoms with van der Waals surface area (Å²) in [7, 11) is -3.46. The van der Waals surface area contributed by atoms with Crippen molar-refractivity contribution in [2.45, 2.75) is 57.1 Å². The van der Waals surface area contributed by atoms with Crippen molar-refractivity contribution in [2.24, 2.45) is 0 Å². The van der Waals surface area contributed by atoms with E-state index in [0.717, 1.165) is 38.5 Å². The smallest absolute Gasteiger partial charge is 0.214 e. The van der Waals surface area contributed by atoms with Gasteiger partial charge in [0, 0.05) is 13.0 Å². The van der Waals surface area contributed by atoms with Crippen molar-refractivity contribution in [1.82, 2.24) is 4.72 Å². The largest absolute Gasteiger partial charge is 0.227 e. The Morgan fingerprint density at radius 3 is 2.17 bits per heavy atom. The molecule has 0 saturated heterocycles. The number of nitriles is 2. The number of unbranched alkanes of at least 4 members (excludes halogenated alkanes) is 6. The molecule has 18 heavy (non-hydrogen) atoms. The molecule has 1 atom stereocenters. The minimum absolute atomic E-state index is 0.395. The van der Waals surface area contributed by atoms with Crippen LogP contribution in [0.25, 0.3) is 0 Å². The molecule has 0 aromatic rings. The van der Waals surface area contributed by atoms with Crippen LogP contribution >= 0.6 is 0 Å². The van der Waals surface area contributed by atoms with Gasteiger partial charge in [0.1, 0.15) is 0 Å². The van der Waals surface area contributed by atoms with Gasteiger partial charge in [0.05, 0.1) is 12.1 Å². The normalized spacial score (nSPS) is 12.6. The molecule has 0 bridgehead atoms. The Balaban J connectivity index is 3.47. The highest BCUT2D eigenvalue weighted by Gasteiger charge is 2.18. The number of hydrogen-bond acceptors (Lipinski definition) is 4. The van der Waals surface area contributed by atoms with Gasteiger partial charge < -0.3 is 0 Å². The van der Waals surface area contributed by atoms with E-state index in [0.29, 0.717) is 13.0 Å². The third-order valence-corrected chi connectivity index (χ3v) is 4.31. The van der Waals surface area contributed by atoms with Crippen LogP contribution in [-0.2, 0) is 10.0 Å². The third kappa shape index (κ3) is 8.05. The van der Waals surface area contributed by atoms with Crippen molar-refractivity contribution < 1.29 is 8.42 Å². The summed E-state index contributed by atoms with van der Waals surface area (Å²) in [5.41, 5.74) is 0. The second-order valence-corrected chi connectivity index (χ2v) is 6.33. The Morgan fingerprint density at radius 1 is 1.06 bits per heavy atom. The second kappa shape index (κ2) is 9.87. The van der Waals surface area contributed by atoms with Crippen molar-refractivity contribution in [2.75, 3.05) is 6.54 Å². The van der Waals surface area contributed by atoms with Crippen LogP contribution in [0, 0.1) is 22.7 Å². The maximum atomic E-state index is 11.4. The first kappa shape index (κ1) is 16.9. The van der Waals surface area contributed by atoms with Crippen LogP contribution in [0.5, 0.6) is 0 Å². The van der Waals surface area contributed by atoms with Crippen molar-refractivity contribution >= 4 is 10.0 Å². The van der Waals surface area contributed by atoms with Crippen LogP contribution in [-0.4, -0.2) is 20.2 Å². The van der Waals surface area contributed by atoms with Crippen LogP contribution < -0.4 is 4.72 Å². The van der Waals surface area contributed by atoms with Crippen molar-refractivity contribution in [1.29, 1.82) is 10.5 Å². The summed E-state index contributed by atoms with van der Waals surface area (Å²) in [5.74, 6) is 0. The van der Waals surface area contributed by atoms with Gasteiger partial charge in [-0.05, 0) is 19.8 Å². The van der Waals surface area contributed by atoms with Crippen molar-refractivity contribution in [3.05, 3.63) is 0 Å². The van der Waals surface area contributed by atoms with E-state index in [1.807, 2.05) is 0 Å². The second-order valence-electron chi connectivity index (χ2n) is 4.24. The number of hydrogen-bond donors (Lipinski definition) is 1. The topological polar surface area (TPSA) is 93.8 Å². The minimum atomic E-state index is -3.46. The summed E-state index contributed by atoms with van der Waals surface area (Å²) >= 11 is 0. The highest BCUT2D eigenvalue weighted by molar-refractivity contribution is 7.90. The van der Waals surface area contributed by atoms with Crippen molar-refractivity contribution in [3.8, 4) is 12.1 Å². The highest BCUT2D eigenvalue weighted by Crippen LogP contribution is 2.06. The lowest BCUT2D eigenvalue weighted by atomic mass is 10.1. The average Bonchev–Trinajstić information content (AvgIpc) is 2.35. The lowest BCUT2D eigenvalue weighted by Crippen LogP contribution is -2.32. The molecule has 0 fully saturated rings. The SMILES string of the molecule is CC(C#N)S(=O)(=O)NCCCCCCCCC#N. The standard InChI is InChI=1S/C12H21N3O2S/c1-12(11-14)18(16,17)15-10-8-6-4-2-3-5-7-9-13/h12,15H,2-8,10H2,1H3. The van der Waals surface area contributed by atoms with Gasteiger partial charge in [-0.1, -0.05) is 25.7 Å². The van der Waals surface area contributed by atoms with Gasteiger partial charge in [0.15, 0.2) is 5.25 Å². The van der Waals surface area contributed by atoms with E-state index in [2.05, 4.69) is 10.8 Å². The summed E-state index contributed by atoms with van der Waals surface area (Å²) in [6, 6.07) is 3.82. The van der Waals surface area contributed by atoms with Gasteiger partial charge >= 0.3 is 0 Å². The first-order valence-corrected chi connectivity index (χ1v) is 7.84. The van der Waals surface area contributed by atoms with E-state index in [1.54, 1.807) is 6.07 Å². The molecule has 0 radical (unpaired) electrons. The molecule has 0 amide bonds. The predicted molar refractivity (Wildman–Crippen MR) is 69.9 cm³/mol. The molecule has 1 N–H and O–H groups in total. The Bertz CT molecular complexity index is 393. The van der Waals surface area contributed by atoms with E-state index in [-0.39, 0.29) is 0 Å². The number of rotatable bonds is 10. The summed E-state index contributed by atoms with van der Waals surface area (Å²) in [6.45, 7) is 1.77. The molecule has 0 heterocycles. The van der Waals surface area contributed by atoms with E-state index >= 15 is 0 Å². The molecule has 5 nitrogen and oxygen atoms in total. The average molecular weight is 271 g/mol. The third-order valence-electron chi connectivity index (χ3n) is 2.67. The monoisotopic (exact) mass is 271 g/mol. The summed E-state index contributed by atoms with van der Waals surface area (Å²) in [5, 5.41) is 15.9. The Kier molecular flexibility index (Phi) is 9.26. The van der Waals surface area contributed by atoms with Crippen LogP contribution in [0.15, 0.2) is 0 Å². The van der Waals surface area contributed by atoms with Gasteiger partial charge in [-0.15, -0.1) is 0 Å². The Hall–Kier alpha value is -1.11. The van der Waals surface area contributed by atoms with Crippen molar-refractivity contribution in [3.63, 3.8) is 0 Å². The fraction of sp³-hybridized carbons (Fsp3) is 0.833. The summed E-state index contributed by atoms with van der Waals surface area (Å²) in [6.07, 6.45) is 6.52. The molecule has 0 aromatic heterocycles. The molecule has 0 rings (SSSR count). The van der Waals surface area contributed by atoms with Crippen LogP contribution in [0.1, 0.15) is 51.9 Å².